The predicted molar refractivity (Wildman–Crippen MR) is 57.7 cm³/mol. The van der Waals surface area contributed by atoms with Crippen LogP contribution in [0.3, 0.4) is 0 Å². The molecule has 5 nitrogen and oxygen atoms in total. The molecule has 1 amide bonds. The molecule has 1 aliphatic rings. The van der Waals surface area contributed by atoms with Crippen LogP contribution in [0.4, 0.5) is 10.1 Å². The largest absolute Gasteiger partial charge is 0.480 e. The summed E-state index contributed by atoms with van der Waals surface area (Å²) < 4.78 is 13.6. The van der Waals surface area contributed by atoms with Gasteiger partial charge in [-0.1, -0.05) is 12.1 Å². The first-order valence-electron chi connectivity index (χ1n) is 5.13. The van der Waals surface area contributed by atoms with E-state index in [1.54, 1.807) is 6.07 Å². The average Bonchev–Trinajstić information content (AvgIpc) is 2.61. The van der Waals surface area contributed by atoms with Crippen LogP contribution in [0.15, 0.2) is 24.3 Å². The van der Waals surface area contributed by atoms with Crippen molar-refractivity contribution in [1.29, 1.82) is 0 Å². The van der Waals surface area contributed by atoms with Gasteiger partial charge in [0.2, 0.25) is 5.91 Å². The molecule has 1 aliphatic heterocycles. The van der Waals surface area contributed by atoms with Crippen LogP contribution in [0.25, 0.3) is 0 Å². The minimum absolute atomic E-state index is 0.196. The first-order chi connectivity index (χ1) is 8.09. The Morgan fingerprint density at radius 3 is 2.76 bits per heavy atom. The molecule has 1 saturated heterocycles. The molecule has 2 rings (SSSR count). The zero-order valence-electron chi connectivity index (χ0n) is 8.97. The van der Waals surface area contributed by atoms with Crippen LogP contribution >= 0.6 is 0 Å². The second-order valence-corrected chi connectivity index (χ2v) is 3.67. The van der Waals surface area contributed by atoms with E-state index >= 15 is 0 Å². The van der Waals surface area contributed by atoms with Crippen molar-refractivity contribution < 1.29 is 19.1 Å². The molecule has 0 unspecified atom stereocenters. The summed E-state index contributed by atoms with van der Waals surface area (Å²) in [6.07, 6.45) is 0.196. The van der Waals surface area contributed by atoms with E-state index in [4.69, 9.17) is 5.11 Å². The van der Waals surface area contributed by atoms with Crippen LogP contribution in [-0.2, 0) is 9.59 Å². The van der Waals surface area contributed by atoms with E-state index in [0.29, 0.717) is 6.54 Å². The number of hydrazine groups is 1. The number of rotatable bonds is 3. The van der Waals surface area contributed by atoms with E-state index in [-0.39, 0.29) is 18.0 Å². The van der Waals surface area contributed by atoms with Gasteiger partial charge in [-0.25, -0.2) is 9.40 Å². The van der Waals surface area contributed by atoms with E-state index in [0.717, 1.165) is 5.01 Å². The number of carboxylic acid groups (broad SMARTS) is 1. The van der Waals surface area contributed by atoms with Crippen LogP contribution in [0, 0.1) is 5.82 Å². The maximum Gasteiger partial charge on any atom is 0.325 e. The van der Waals surface area contributed by atoms with Gasteiger partial charge in [0.15, 0.2) is 0 Å². The maximum absolute atomic E-state index is 13.6. The topological polar surface area (TPSA) is 60.9 Å². The number of hydrogen-bond donors (Lipinski definition) is 1. The Hall–Kier alpha value is -2.11. The zero-order valence-corrected chi connectivity index (χ0v) is 8.97. The number of para-hydroxylation sites is 1. The molecule has 0 saturated carbocycles. The number of nitrogens with zero attached hydrogens (tertiary/aromatic N) is 2. The predicted octanol–water partition coefficient (Wildman–Crippen LogP) is 0.864. The third-order valence-corrected chi connectivity index (χ3v) is 2.53. The third kappa shape index (κ3) is 2.20. The van der Waals surface area contributed by atoms with Crippen LogP contribution in [-0.4, -0.2) is 35.1 Å². The lowest BCUT2D eigenvalue weighted by atomic mass is 10.3. The lowest BCUT2D eigenvalue weighted by molar-refractivity contribution is -0.143. The van der Waals surface area contributed by atoms with E-state index in [2.05, 4.69) is 0 Å². The van der Waals surface area contributed by atoms with Gasteiger partial charge in [-0.05, 0) is 12.1 Å². The van der Waals surface area contributed by atoms with E-state index in [9.17, 15) is 14.0 Å². The van der Waals surface area contributed by atoms with E-state index in [1.807, 2.05) is 0 Å². The summed E-state index contributed by atoms with van der Waals surface area (Å²) in [5, 5.41) is 11.1. The summed E-state index contributed by atoms with van der Waals surface area (Å²) in [5.74, 6) is -1.91. The lowest BCUT2D eigenvalue weighted by Gasteiger charge is -2.28. The van der Waals surface area contributed by atoms with Gasteiger partial charge >= 0.3 is 5.97 Å². The van der Waals surface area contributed by atoms with Gasteiger partial charge in [0, 0.05) is 13.0 Å². The molecule has 0 bridgehead atoms. The number of benzene rings is 1. The highest BCUT2D eigenvalue weighted by atomic mass is 19.1. The number of aliphatic carboxylic acids is 1. The molecule has 6 heteroatoms. The summed E-state index contributed by atoms with van der Waals surface area (Å²) in [6.45, 7) is -0.153. The van der Waals surface area contributed by atoms with Gasteiger partial charge in [0.05, 0.1) is 5.69 Å². The lowest BCUT2D eigenvalue weighted by Crippen LogP contribution is -2.42. The molecule has 0 aliphatic carbocycles. The van der Waals surface area contributed by atoms with Crippen molar-refractivity contribution in [2.45, 2.75) is 6.42 Å². The Balaban J connectivity index is 2.28. The standard InChI is InChI=1S/C11H11FN2O3/c12-8-3-1-2-4-9(8)13-6-5-10(15)14(13)7-11(16)17/h1-4H,5-7H2,(H,16,17). The maximum atomic E-state index is 13.6. The molecule has 1 aromatic rings. The fraction of sp³-hybridized carbons (Fsp3) is 0.273. The first-order valence-corrected chi connectivity index (χ1v) is 5.13. The van der Waals surface area contributed by atoms with Crippen molar-refractivity contribution >= 4 is 17.6 Å². The van der Waals surface area contributed by atoms with Crippen molar-refractivity contribution in [2.24, 2.45) is 0 Å². The third-order valence-electron chi connectivity index (χ3n) is 2.53. The molecule has 1 fully saturated rings. The fourth-order valence-corrected chi connectivity index (χ4v) is 1.80. The molecule has 1 heterocycles. The molecule has 17 heavy (non-hydrogen) atoms. The highest BCUT2D eigenvalue weighted by Gasteiger charge is 2.31. The van der Waals surface area contributed by atoms with Crippen LogP contribution < -0.4 is 5.01 Å². The summed E-state index contributed by atoms with van der Waals surface area (Å²) in [7, 11) is 0. The summed E-state index contributed by atoms with van der Waals surface area (Å²) in [5.41, 5.74) is 0.222. The van der Waals surface area contributed by atoms with Gasteiger partial charge in [-0.2, -0.15) is 0 Å². The molecule has 90 valence electrons. The van der Waals surface area contributed by atoms with Crippen LogP contribution in [0.1, 0.15) is 6.42 Å². The minimum atomic E-state index is -1.12. The van der Waals surface area contributed by atoms with Gasteiger partial charge < -0.3 is 5.11 Å². The molecule has 0 aromatic heterocycles. The van der Waals surface area contributed by atoms with Crippen molar-refractivity contribution in [3.63, 3.8) is 0 Å². The van der Waals surface area contributed by atoms with Gasteiger partial charge in [-0.15, -0.1) is 0 Å². The van der Waals surface area contributed by atoms with Crippen molar-refractivity contribution in [3.05, 3.63) is 30.1 Å². The number of hydrogen-bond acceptors (Lipinski definition) is 3. The summed E-state index contributed by atoms with van der Waals surface area (Å²) >= 11 is 0. The SMILES string of the molecule is O=C(O)CN1C(=O)CCN1c1ccccc1F. The normalized spacial score (nSPS) is 15.5. The van der Waals surface area contributed by atoms with Gasteiger partial charge in [0.1, 0.15) is 12.4 Å². The average molecular weight is 238 g/mol. The van der Waals surface area contributed by atoms with E-state index < -0.39 is 18.3 Å². The number of halogens is 1. The molecule has 0 atom stereocenters. The molecular formula is C11H11FN2O3. The quantitative estimate of drug-likeness (QED) is 0.848. The van der Waals surface area contributed by atoms with Crippen LogP contribution in [0.5, 0.6) is 0 Å². The fourth-order valence-electron chi connectivity index (χ4n) is 1.80. The first kappa shape index (κ1) is 11.4. The Labute approximate surface area is 97.0 Å². The summed E-state index contributed by atoms with van der Waals surface area (Å²) in [6, 6.07) is 5.97. The Kier molecular flexibility index (Phi) is 2.95. The Bertz CT molecular complexity index is 464. The molecule has 0 spiro atoms. The van der Waals surface area contributed by atoms with Gasteiger partial charge in [0.25, 0.3) is 0 Å². The van der Waals surface area contributed by atoms with Crippen LogP contribution in [0.2, 0.25) is 0 Å². The number of amides is 1. The Morgan fingerprint density at radius 1 is 1.41 bits per heavy atom. The molecule has 1 aromatic carbocycles. The number of carbonyl (C=O) groups is 2. The zero-order chi connectivity index (χ0) is 12.4. The van der Waals surface area contributed by atoms with Crippen molar-refractivity contribution in [2.75, 3.05) is 18.1 Å². The smallest absolute Gasteiger partial charge is 0.325 e. The van der Waals surface area contributed by atoms with Crippen molar-refractivity contribution in [1.82, 2.24) is 5.01 Å². The highest BCUT2D eigenvalue weighted by molar-refractivity contribution is 5.85. The summed E-state index contributed by atoms with van der Waals surface area (Å²) in [4.78, 5) is 22.2. The molecule has 1 N–H and O–H groups in total. The second kappa shape index (κ2) is 4.40. The Morgan fingerprint density at radius 2 is 2.12 bits per heavy atom. The number of carbonyl (C=O) groups excluding carboxylic acids is 1. The minimum Gasteiger partial charge on any atom is -0.480 e. The van der Waals surface area contributed by atoms with E-state index in [1.165, 1.54) is 23.2 Å². The highest BCUT2D eigenvalue weighted by Crippen LogP contribution is 2.24. The molecule has 0 radical (unpaired) electrons. The van der Waals surface area contributed by atoms with Crippen molar-refractivity contribution in [3.8, 4) is 0 Å². The monoisotopic (exact) mass is 238 g/mol. The van der Waals surface area contributed by atoms with Gasteiger partial charge in [-0.3, -0.25) is 14.6 Å². The second-order valence-electron chi connectivity index (χ2n) is 3.67. The number of anilines is 1. The number of carboxylic acids is 1. The molecular weight excluding hydrogens is 227 g/mol.